The maximum Gasteiger partial charge on any atom is 0.267 e. The highest BCUT2D eigenvalue weighted by Gasteiger charge is 2.20. The molecule has 0 radical (unpaired) electrons. The smallest absolute Gasteiger partial charge is 0.267 e. The van der Waals surface area contributed by atoms with Crippen LogP contribution in [0.25, 0.3) is 33.1 Å². The van der Waals surface area contributed by atoms with Crippen LogP contribution in [0.1, 0.15) is 23.0 Å². The number of ether oxygens (including phenoxy) is 1. The molecule has 0 aliphatic heterocycles. The molecule has 0 aliphatic carbocycles. The Labute approximate surface area is 179 Å². The van der Waals surface area contributed by atoms with Crippen LogP contribution in [0.15, 0.2) is 54.4 Å². The van der Waals surface area contributed by atoms with Crippen molar-refractivity contribution in [1.29, 1.82) is 0 Å². The highest BCUT2D eigenvalue weighted by Crippen LogP contribution is 2.37. The topological polar surface area (TPSA) is 110 Å². The Balaban J connectivity index is 1.80. The van der Waals surface area contributed by atoms with E-state index in [2.05, 4.69) is 26.1 Å². The number of nitrogens with zero attached hydrogens (tertiary/aromatic N) is 2. The minimum absolute atomic E-state index is 0.214. The van der Waals surface area contributed by atoms with Gasteiger partial charge >= 0.3 is 0 Å². The summed E-state index contributed by atoms with van der Waals surface area (Å²) in [6.07, 6.45) is 14.3. The first kappa shape index (κ1) is 20.0. The molecule has 7 heteroatoms. The number of terminal acetylenes is 1. The molecule has 0 saturated carbocycles. The van der Waals surface area contributed by atoms with Crippen LogP contribution in [0.4, 0.5) is 0 Å². The number of nitrogens with one attached hydrogen (secondary N) is 2. The summed E-state index contributed by atoms with van der Waals surface area (Å²) in [4.78, 5) is 19.6. The number of hydrogen-bond acceptors (Lipinski definition) is 4. The average molecular weight is 411 g/mol. The molecule has 31 heavy (non-hydrogen) atoms. The van der Waals surface area contributed by atoms with Gasteiger partial charge in [-0.1, -0.05) is 12.0 Å². The van der Waals surface area contributed by atoms with E-state index < -0.39 is 5.91 Å². The Bertz CT molecular complexity index is 1400. The van der Waals surface area contributed by atoms with Crippen molar-refractivity contribution in [3.63, 3.8) is 0 Å². The zero-order valence-corrected chi connectivity index (χ0v) is 17.2. The van der Waals surface area contributed by atoms with Gasteiger partial charge in [0.15, 0.2) is 5.65 Å². The van der Waals surface area contributed by atoms with Crippen LogP contribution >= 0.6 is 0 Å². The third-order valence-corrected chi connectivity index (χ3v) is 5.17. The van der Waals surface area contributed by atoms with Crippen LogP contribution in [0.5, 0.6) is 5.75 Å². The quantitative estimate of drug-likeness (QED) is 0.329. The first-order valence-corrected chi connectivity index (χ1v) is 9.69. The summed E-state index contributed by atoms with van der Waals surface area (Å²) in [6.45, 7) is 4.17. The van der Waals surface area contributed by atoms with E-state index in [1.54, 1.807) is 12.3 Å². The Morgan fingerprint density at radius 3 is 2.94 bits per heavy atom. The standard InChI is InChI=1S/C24H21N5O2/c1-4-6-7-15(5-2)13-31-16-8-9-20-17(10-16)18(11-26-20)21-14(3)22(23(25)30)28-24-19(21)12-27-29-24/h1,5-12,26H,13H2,2-3H3,(H2,25,30)(H,27,28,29)/b7-6-,15-5+. The molecule has 4 N–H and O–H groups in total. The second-order valence-corrected chi connectivity index (χ2v) is 7.02. The van der Waals surface area contributed by atoms with Gasteiger partial charge in [0.25, 0.3) is 5.91 Å². The van der Waals surface area contributed by atoms with Gasteiger partial charge in [-0.25, -0.2) is 4.98 Å². The summed E-state index contributed by atoms with van der Waals surface area (Å²) >= 11 is 0. The fourth-order valence-electron chi connectivity index (χ4n) is 3.60. The third kappa shape index (κ3) is 3.67. The van der Waals surface area contributed by atoms with Gasteiger partial charge in [0.2, 0.25) is 0 Å². The Hall–Kier alpha value is -4.31. The fourth-order valence-corrected chi connectivity index (χ4v) is 3.60. The third-order valence-electron chi connectivity index (χ3n) is 5.17. The molecule has 0 saturated heterocycles. The van der Waals surface area contributed by atoms with Crippen molar-refractivity contribution in [2.45, 2.75) is 13.8 Å². The maximum absolute atomic E-state index is 12.0. The van der Waals surface area contributed by atoms with Crippen molar-refractivity contribution in [2.24, 2.45) is 5.73 Å². The number of rotatable bonds is 6. The molecular formula is C24H21N5O2. The predicted molar refractivity (Wildman–Crippen MR) is 122 cm³/mol. The van der Waals surface area contributed by atoms with Crippen LogP contribution < -0.4 is 10.5 Å². The average Bonchev–Trinajstić information content (AvgIpc) is 3.40. The number of allylic oxidation sites excluding steroid dienone is 2. The van der Waals surface area contributed by atoms with Crippen molar-refractivity contribution in [3.8, 4) is 29.2 Å². The van der Waals surface area contributed by atoms with E-state index in [0.717, 1.165) is 33.0 Å². The number of primary amides is 1. The highest BCUT2D eigenvalue weighted by molar-refractivity contribution is 6.07. The highest BCUT2D eigenvalue weighted by atomic mass is 16.5. The zero-order chi connectivity index (χ0) is 22.0. The van der Waals surface area contributed by atoms with Gasteiger partial charge in [-0.05, 0) is 55.3 Å². The number of aromatic amines is 2. The normalized spacial score (nSPS) is 12.0. The molecule has 154 valence electrons. The monoisotopic (exact) mass is 411 g/mol. The molecule has 1 amide bonds. The van der Waals surface area contributed by atoms with Crippen LogP contribution in [0, 0.1) is 19.3 Å². The fraction of sp³-hybridized carbons (Fsp3) is 0.125. The van der Waals surface area contributed by atoms with Gasteiger partial charge < -0.3 is 15.5 Å². The molecular weight excluding hydrogens is 390 g/mol. The van der Waals surface area contributed by atoms with Crippen LogP contribution in [-0.4, -0.2) is 32.7 Å². The van der Waals surface area contributed by atoms with E-state index in [-0.39, 0.29) is 5.69 Å². The van der Waals surface area contributed by atoms with Crippen LogP contribution in [0.2, 0.25) is 0 Å². The van der Waals surface area contributed by atoms with Gasteiger partial charge in [-0.15, -0.1) is 6.42 Å². The molecule has 4 rings (SSSR count). The lowest BCUT2D eigenvalue weighted by Crippen LogP contribution is -2.15. The minimum atomic E-state index is -0.585. The predicted octanol–water partition coefficient (Wildman–Crippen LogP) is 4.03. The van der Waals surface area contributed by atoms with Crippen LogP contribution in [0.3, 0.4) is 0 Å². The SMILES string of the molecule is C#C/C=C\C(=C/C)COc1ccc2[nH]cc(-c3c(C)c(C(N)=O)nc4[nH]ncc34)c2c1. The molecule has 0 atom stereocenters. The van der Waals surface area contributed by atoms with E-state index in [1.165, 1.54) is 0 Å². The lowest BCUT2D eigenvalue weighted by atomic mass is 9.96. The molecule has 0 aliphatic rings. The summed E-state index contributed by atoms with van der Waals surface area (Å²) in [5.74, 6) is 2.61. The molecule has 4 aromatic rings. The molecule has 0 unspecified atom stereocenters. The number of aromatic nitrogens is 4. The second-order valence-electron chi connectivity index (χ2n) is 7.02. The van der Waals surface area contributed by atoms with E-state index in [0.29, 0.717) is 23.6 Å². The number of pyridine rings is 1. The second kappa shape index (κ2) is 8.20. The first-order valence-electron chi connectivity index (χ1n) is 9.69. The van der Waals surface area contributed by atoms with Gasteiger partial charge in [-0.3, -0.25) is 9.89 Å². The molecule has 3 aromatic heterocycles. The summed E-state index contributed by atoms with van der Waals surface area (Å²) in [7, 11) is 0. The zero-order valence-electron chi connectivity index (χ0n) is 17.2. The van der Waals surface area contributed by atoms with Crippen molar-refractivity contribution in [1.82, 2.24) is 20.2 Å². The molecule has 1 aromatic carbocycles. The van der Waals surface area contributed by atoms with Gasteiger partial charge in [0, 0.05) is 33.6 Å². The number of carbonyl (C=O) groups is 1. The summed E-state index contributed by atoms with van der Waals surface area (Å²) in [5, 5.41) is 8.68. The lowest BCUT2D eigenvalue weighted by molar-refractivity contribution is 0.0995. The van der Waals surface area contributed by atoms with E-state index >= 15 is 0 Å². The minimum Gasteiger partial charge on any atom is -0.489 e. The molecule has 3 heterocycles. The Kier molecular flexibility index (Phi) is 5.29. The molecule has 7 nitrogen and oxygen atoms in total. The van der Waals surface area contributed by atoms with E-state index in [9.17, 15) is 4.79 Å². The summed E-state index contributed by atoms with van der Waals surface area (Å²) in [5.41, 5.74) is 10.7. The number of hydrogen-bond donors (Lipinski definition) is 3. The maximum atomic E-state index is 12.0. The molecule has 0 spiro atoms. The Morgan fingerprint density at radius 2 is 2.19 bits per heavy atom. The summed E-state index contributed by atoms with van der Waals surface area (Å²) in [6, 6.07) is 5.83. The molecule has 0 fully saturated rings. The number of amides is 1. The number of nitrogens with two attached hydrogens (primary N) is 1. The number of fused-ring (bicyclic) bond motifs is 2. The van der Waals surface area contributed by atoms with Gasteiger partial charge in [0.05, 0.1) is 6.20 Å². The van der Waals surface area contributed by atoms with E-state index in [4.69, 9.17) is 16.9 Å². The van der Waals surface area contributed by atoms with Crippen molar-refractivity contribution >= 4 is 27.8 Å². The van der Waals surface area contributed by atoms with Crippen molar-refractivity contribution < 1.29 is 9.53 Å². The number of benzene rings is 1. The van der Waals surface area contributed by atoms with Gasteiger partial charge in [-0.2, -0.15) is 5.10 Å². The van der Waals surface area contributed by atoms with E-state index in [1.807, 2.05) is 50.4 Å². The Morgan fingerprint density at radius 1 is 1.35 bits per heavy atom. The molecule has 0 bridgehead atoms. The van der Waals surface area contributed by atoms with Gasteiger partial charge in [0.1, 0.15) is 18.1 Å². The van der Waals surface area contributed by atoms with Crippen molar-refractivity contribution in [2.75, 3.05) is 6.61 Å². The lowest BCUT2D eigenvalue weighted by Gasteiger charge is -2.11. The first-order chi connectivity index (χ1) is 15.0. The number of H-pyrrole nitrogens is 2. The van der Waals surface area contributed by atoms with Crippen molar-refractivity contribution in [3.05, 3.63) is 65.7 Å². The largest absolute Gasteiger partial charge is 0.489 e. The van der Waals surface area contributed by atoms with Crippen LogP contribution in [-0.2, 0) is 0 Å². The number of carbonyl (C=O) groups excluding carboxylic acids is 1. The summed E-state index contributed by atoms with van der Waals surface area (Å²) < 4.78 is 5.98.